The highest BCUT2D eigenvalue weighted by molar-refractivity contribution is 5.81. The molecule has 136 valence electrons. The van der Waals surface area contributed by atoms with Gasteiger partial charge in [-0.25, -0.2) is 0 Å². The Morgan fingerprint density at radius 3 is 2.48 bits per heavy atom. The predicted molar refractivity (Wildman–Crippen MR) is 86.4 cm³/mol. The summed E-state index contributed by atoms with van der Waals surface area (Å²) in [7, 11) is 0. The number of fused-ring (bicyclic) bond motifs is 1. The molecule has 3 rings (SSSR count). The number of benzene rings is 1. The molecule has 1 aromatic carbocycles. The lowest BCUT2D eigenvalue weighted by Gasteiger charge is -2.39. The molecule has 1 aromatic heterocycles. The zero-order chi connectivity index (χ0) is 18.3. The van der Waals surface area contributed by atoms with Crippen LogP contribution in [0.5, 0.6) is 5.75 Å². The molecule has 1 aliphatic heterocycles. The molecule has 25 heavy (non-hydrogen) atoms. The van der Waals surface area contributed by atoms with Crippen LogP contribution in [0.15, 0.2) is 27.4 Å². The maximum Gasteiger partial charge on any atom is 0.229 e. The summed E-state index contributed by atoms with van der Waals surface area (Å²) in [5, 5.41) is 39.3. The van der Waals surface area contributed by atoms with Gasteiger partial charge in [-0.1, -0.05) is 0 Å². The van der Waals surface area contributed by atoms with Crippen molar-refractivity contribution >= 4 is 11.0 Å². The molecule has 2 heterocycles. The Bertz CT molecular complexity index is 827. The molecule has 1 fully saturated rings. The third-order valence-corrected chi connectivity index (χ3v) is 4.23. The first-order valence-electron chi connectivity index (χ1n) is 7.84. The Kier molecular flexibility index (Phi) is 4.81. The van der Waals surface area contributed by atoms with Crippen molar-refractivity contribution in [2.75, 3.05) is 6.61 Å². The zero-order valence-electron chi connectivity index (χ0n) is 13.7. The van der Waals surface area contributed by atoms with E-state index >= 15 is 0 Å². The van der Waals surface area contributed by atoms with Gasteiger partial charge in [-0.05, 0) is 25.5 Å². The van der Waals surface area contributed by atoms with E-state index in [0.29, 0.717) is 22.3 Å². The molecule has 0 spiro atoms. The van der Waals surface area contributed by atoms with E-state index in [9.17, 15) is 25.2 Å². The van der Waals surface area contributed by atoms with Crippen LogP contribution in [0.1, 0.15) is 11.3 Å². The molecule has 1 saturated heterocycles. The molecule has 4 N–H and O–H groups in total. The van der Waals surface area contributed by atoms with Crippen LogP contribution < -0.4 is 10.2 Å². The predicted octanol–water partition coefficient (Wildman–Crippen LogP) is -0.411. The van der Waals surface area contributed by atoms with Crippen LogP contribution in [-0.4, -0.2) is 57.7 Å². The van der Waals surface area contributed by atoms with Gasteiger partial charge in [0, 0.05) is 12.1 Å². The molecule has 8 nitrogen and oxygen atoms in total. The summed E-state index contributed by atoms with van der Waals surface area (Å²) in [6.07, 6.45) is -6.87. The highest BCUT2D eigenvalue weighted by Crippen LogP contribution is 2.28. The third-order valence-electron chi connectivity index (χ3n) is 4.23. The smallest absolute Gasteiger partial charge is 0.229 e. The van der Waals surface area contributed by atoms with E-state index in [1.54, 1.807) is 19.9 Å². The highest BCUT2D eigenvalue weighted by Gasteiger charge is 2.44. The van der Waals surface area contributed by atoms with Gasteiger partial charge in [-0.15, -0.1) is 0 Å². The van der Waals surface area contributed by atoms with E-state index in [2.05, 4.69) is 0 Å². The summed E-state index contributed by atoms with van der Waals surface area (Å²) in [4.78, 5) is 12.1. The molecule has 0 aliphatic carbocycles. The minimum atomic E-state index is -1.53. The maximum atomic E-state index is 12.1. The standard InChI is InChI=1S/C17H20O8/c1-7-3-9(5-11-13(7)10(19)4-8(2)23-11)24-17-16(22)15(21)14(20)12(6-18)25-17/h3-5,12,14-18,20-22H,6H2,1-2H3/t12-,14-,15+,16-,17-/m1/s1. The molecule has 5 atom stereocenters. The van der Waals surface area contributed by atoms with Crippen LogP contribution in [0, 0.1) is 13.8 Å². The number of aliphatic hydroxyl groups is 4. The lowest BCUT2D eigenvalue weighted by Crippen LogP contribution is -2.60. The summed E-state index contributed by atoms with van der Waals surface area (Å²) in [5.74, 6) is 0.699. The summed E-state index contributed by atoms with van der Waals surface area (Å²) < 4.78 is 16.4. The lowest BCUT2D eigenvalue weighted by molar-refractivity contribution is -0.277. The van der Waals surface area contributed by atoms with Crippen molar-refractivity contribution in [3.05, 3.63) is 39.7 Å². The summed E-state index contributed by atoms with van der Waals surface area (Å²) in [6.45, 7) is 2.83. The fourth-order valence-electron chi connectivity index (χ4n) is 2.95. The molecule has 1 aliphatic rings. The minimum Gasteiger partial charge on any atom is -0.462 e. The number of rotatable bonds is 3. The second-order valence-electron chi connectivity index (χ2n) is 6.15. The maximum absolute atomic E-state index is 12.1. The van der Waals surface area contributed by atoms with Crippen molar-refractivity contribution in [3.8, 4) is 5.75 Å². The Balaban J connectivity index is 1.93. The summed E-state index contributed by atoms with van der Waals surface area (Å²) in [5.41, 5.74) is 0.770. The van der Waals surface area contributed by atoms with Gasteiger partial charge >= 0.3 is 0 Å². The van der Waals surface area contributed by atoms with Crippen molar-refractivity contribution in [2.24, 2.45) is 0 Å². The van der Waals surface area contributed by atoms with Crippen LogP contribution in [0.25, 0.3) is 11.0 Å². The molecule has 8 heteroatoms. The molecular weight excluding hydrogens is 332 g/mol. The molecular formula is C17H20O8. The van der Waals surface area contributed by atoms with Crippen LogP contribution in [0.3, 0.4) is 0 Å². The highest BCUT2D eigenvalue weighted by atomic mass is 16.7. The zero-order valence-corrected chi connectivity index (χ0v) is 13.7. The van der Waals surface area contributed by atoms with Gasteiger partial charge in [0.25, 0.3) is 0 Å². The van der Waals surface area contributed by atoms with E-state index in [0.717, 1.165) is 0 Å². The molecule has 0 saturated carbocycles. The number of aliphatic hydroxyl groups excluding tert-OH is 4. The van der Waals surface area contributed by atoms with Crippen molar-refractivity contribution in [2.45, 2.75) is 44.6 Å². The second kappa shape index (κ2) is 6.74. The molecule has 0 radical (unpaired) electrons. The van der Waals surface area contributed by atoms with Gasteiger partial charge in [0.15, 0.2) is 5.43 Å². The van der Waals surface area contributed by atoms with Crippen molar-refractivity contribution in [3.63, 3.8) is 0 Å². The Labute approximate surface area is 142 Å². The van der Waals surface area contributed by atoms with Crippen LogP contribution in [-0.2, 0) is 4.74 Å². The van der Waals surface area contributed by atoms with Gasteiger partial charge in [-0.3, -0.25) is 4.79 Å². The first-order valence-corrected chi connectivity index (χ1v) is 7.84. The third kappa shape index (κ3) is 3.26. The Morgan fingerprint density at radius 1 is 1.08 bits per heavy atom. The van der Waals surface area contributed by atoms with Crippen LogP contribution in [0.4, 0.5) is 0 Å². The van der Waals surface area contributed by atoms with E-state index in [-0.39, 0.29) is 11.2 Å². The molecule has 0 bridgehead atoms. The minimum absolute atomic E-state index is 0.171. The van der Waals surface area contributed by atoms with Crippen molar-refractivity contribution in [1.82, 2.24) is 0 Å². The first-order chi connectivity index (χ1) is 11.8. The van der Waals surface area contributed by atoms with Crippen LogP contribution >= 0.6 is 0 Å². The fraction of sp³-hybridized carbons (Fsp3) is 0.471. The Hall–Kier alpha value is -1.97. The van der Waals surface area contributed by atoms with Gasteiger partial charge in [0.2, 0.25) is 6.29 Å². The largest absolute Gasteiger partial charge is 0.462 e. The average Bonchev–Trinajstić information content (AvgIpc) is 2.54. The Morgan fingerprint density at radius 2 is 1.80 bits per heavy atom. The molecule has 0 amide bonds. The van der Waals surface area contributed by atoms with Gasteiger partial charge in [0.1, 0.15) is 41.5 Å². The first kappa shape index (κ1) is 17.8. The van der Waals surface area contributed by atoms with Crippen molar-refractivity contribution in [1.29, 1.82) is 0 Å². The van der Waals surface area contributed by atoms with Gasteiger partial charge in [-0.2, -0.15) is 0 Å². The van der Waals surface area contributed by atoms with Crippen LogP contribution in [0.2, 0.25) is 0 Å². The van der Waals surface area contributed by atoms with E-state index in [1.165, 1.54) is 12.1 Å². The molecule has 2 aromatic rings. The quantitative estimate of drug-likeness (QED) is 0.587. The monoisotopic (exact) mass is 352 g/mol. The normalized spacial score (nSPS) is 29.8. The number of hydrogen-bond acceptors (Lipinski definition) is 8. The van der Waals surface area contributed by atoms with E-state index < -0.39 is 37.3 Å². The van der Waals surface area contributed by atoms with E-state index in [4.69, 9.17) is 13.9 Å². The van der Waals surface area contributed by atoms with Crippen molar-refractivity contribution < 1.29 is 34.3 Å². The number of hydrogen-bond donors (Lipinski definition) is 4. The lowest BCUT2D eigenvalue weighted by atomic mass is 9.99. The number of aryl methyl sites for hydroxylation is 2. The fourth-order valence-corrected chi connectivity index (χ4v) is 2.95. The van der Waals surface area contributed by atoms with E-state index in [1.807, 2.05) is 0 Å². The summed E-state index contributed by atoms with van der Waals surface area (Å²) >= 11 is 0. The second-order valence-corrected chi connectivity index (χ2v) is 6.15. The van der Waals surface area contributed by atoms with Gasteiger partial charge < -0.3 is 34.3 Å². The summed E-state index contributed by atoms with van der Waals surface area (Å²) in [6, 6.07) is 4.46. The SMILES string of the molecule is Cc1cc(=O)c2c(C)cc(O[C@@H]3O[C@H](CO)[C@@H](O)[C@H](O)[C@H]3O)cc2o1. The number of ether oxygens (including phenoxy) is 2. The average molecular weight is 352 g/mol. The molecule has 0 unspecified atom stereocenters. The topological polar surface area (TPSA) is 130 Å². The van der Waals surface area contributed by atoms with Gasteiger partial charge in [0.05, 0.1) is 12.0 Å².